The van der Waals surface area contributed by atoms with Gasteiger partial charge in [0, 0.05) is 17.9 Å². The Morgan fingerprint density at radius 1 is 1.45 bits per heavy atom. The zero-order valence-electron chi connectivity index (χ0n) is 12.4. The van der Waals surface area contributed by atoms with Crippen molar-refractivity contribution in [1.82, 2.24) is 15.1 Å². The maximum atomic E-state index is 12.0. The molecule has 0 saturated carbocycles. The molecule has 1 aliphatic rings. The van der Waals surface area contributed by atoms with Crippen LogP contribution in [0.3, 0.4) is 0 Å². The number of hydrogen-bond donors (Lipinski definition) is 2. The van der Waals surface area contributed by atoms with E-state index in [4.69, 9.17) is 0 Å². The first kappa shape index (κ1) is 15.2. The molecule has 2 heterocycles. The van der Waals surface area contributed by atoms with Gasteiger partial charge in [-0.1, -0.05) is 18.2 Å². The molecule has 0 fully saturated rings. The van der Waals surface area contributed by atoms with E-state index in [9.17, 15) is 4.79 Å². The standard InChI is InChI=1S/C16H19BrN4O/c1-11(9-21-10-12(17)8-19-21)18-7-6-14-13-4-2-3-5-15(13)20-16(14)22/h2-5,8,10-11,14,18H,6-7,9H2,1H3,(H,20,22)/t11-,14-/m1/s1. The van der Waals surface area contributed by atoms with Crippen molar-refractivity contribution in [1.29, 1.82) is 0 Å². The zero-order valence-corrected chi connectivity index (χ0v) is 14.0. The van der Waals surface area contributed by atoms with Crippen LogP contribution in [0.2, 0.25) is 0 Å². The quantitative estimate of drug-likeness (QED) is 0.830. The van der Waals surface area contributed by atoms with Crippen LogP contribution in [0.5, 0.6) is 0 Å². The molecule has 1 aliphatic heterocycles. The number of benzene rings is 1. The Kier molecular flexibility index (Phi) is 4.59. The van der Waals surface area contributed by atoms with Gasteiger partial charge in [-0.2, -0.15) is 5.10 Å². The molecule has 2 N–H and O–H groups in total. The number of fused-ring (bicyclic) bond motifs is 1. The topological polar surface area (TPSA) is 59.0 Å². The Morgan fingerprint density at radius 3 is 3.05 bits per heavy atom. The van der Waals surface area contributed by atoms with Gasteiger partial charge in [-0.25, -0.2) is 0 Å². The fourth-order valence-electron chi connectivity index (χ4n) is 2.82. The molecule has 5 nitrogen and oxygen atoms in total. The minimum Gasteiger partial charge on any atom is -0.325 e. The normalized spacial score (nSPS) is 18.1. The van der Waals surface area contributed by atoms with Crippen LogP contribution in [0.1, 0.15) is 24.8 Å². The molecule has 0 spiro atoms. The molecule has 2 atom stereocenters. The molecular formula is C16H19BrN4O. The van der Waals surface area contributed by atoms with Gasteiger partial charge in [-0.3, -0.25) is 9.48 Å². The second kappa shape index (κ2) is 6.62. The van der Waals surface area contributed by atoms with Crippen LogP contribution in [0.15, 0.2) is 41.1 Å². The molecule has 3 rings (SSSR count). The van der Waals surface area contributed by atoms with E-state index in [0.717, 1.165) is 35.2 Å². The average molecular weight is 363 g/mol. The lowest BCUT2D eigenvalue weighted by Gasteiger charge is -2.15. The second-order valence-electron chi connectivity index (χ2n) is 5.65. The predicted octanol–water partition coefficient (Wildman–Crippen LogP) is 2.75. The largest absolute Gasteiger partial charge is 0.325 e. The van der Waals surface area contributed by atoms with Crippen molar-refractivity contribution < 1.29 is 4.79 Å². The highest BCUT2D eigenvalue weighted by Crippen LogP contribution is 2.33. The van der Waals surface area contributed by atoms with E-state index >= 15 is 0 Å². The lowest BCUT2D eigenvalue weighted by atomic mass is 9.97. The summed E-state index contributed by atoms with van der Waals surface area (Å²) in [6.07, 6.45) is 4.54. The summed E-state index contributed by atoms with van der Waals surface area (Å²) in [4.78, 5) is 12.0. The summed E-state index contributed by atoms with van der Waals surface area (Å²) >= 11 is 3.39. The minimum atomic E-state index is -0.0465. The number of para-hydroxylation sites is 1. The third kappa shape index (κ3) is 3.39. The Balaban J connectivity index is 1.50. The molecule has 116 valence electrons. The molecular weight excluding hydrogens is 344 g/mol. The predicted molar refractivity (Wildman–Crippen MR) is 89.8 cm³/mol. The van der Waals surface area contributed by atoms with Crippen LogP contribution in [0, 0.1) is 0 Å². The van der Waals surface area contributed by atoms with Crippen LogP contribution < -0.4 is 10.6 Å². The highest BCUT2D eigenvalue weighted by Gasteiger charge is 2.29. The van der Waals surface area contributed by atoms with Crippen molar-refractivity contribution in [2.75, 3.05) is 11.9 Å². The number of carbonyl (C=O) groups is 1. The summed E-state index contributed by atoms with van der Waals surface area (Å²) in [5, 5.41) is 10.7. The molecule has 6 heteroatoms. The number of anilines is 1. The van der Waals surface area contributed by atoms with Gasteiger partial charge in [0.05, 0.1) is 23.1 Å². The molecule has 0 radical (unpaired) electrons. The Bertz CT molecular complexity index is 670. The summed E-state index contributed by atoms with van der Waals surface area (Å²) in [5.41, 5.74) is 2.06. The molecule has 0 saturated heterocycles. The molecule has 22 heavy (non-hydrogen) atoms. The summed E-state index contributed by atoms with van der Waals surface area (Å²) in [6.45, 7) is 3.73. The van der Waals surface area contributed by atoms with Gasteiger partial charge in [0.2, 0.25) is 5.91 Å². The van der Waals surface area contributed by atoms with Gasteiger partial charge < -0.3 is 10.6 Å². The molecule has 0 unspecified atom stereocenters. The number of nitrogens with zero attached hydrogens (tertiary/aromatic N) is 2. The van der Waals surface area contributed by atoms with Crippen LogP contribution in [0.25, 0.3) is 0 Å². The number of hydrogen-bond acceptors (Lipinski definition) is 3. The maximum absolute atomic E-state index is 12.0. The van der Waals surface area contributed by atoms with Crippen LogP contribution in [-0.2, 0) is 11.3 Å². The van der Waals surface area contributed by atoms with E-state index in [1.807, 2.05) is 35.1 Å². The first-order valence-corrected chi connectivity index (χ1v) is 8.24. The van der Waals surface area contributed by atoms with Crippen molar-refractivity contribution in [2.24, 2.45) is 0 Å². The third-order valence-electron chi connectivity index (χ3n) is 3.90. The first-order valence-electron chi connectivity index (χ1n) is 7.44. The second-order valence-corrected chi connectivity index (χ2v) is 6.57. The number of amides is 1. The maximum Gasteiger partial charge on any atom is 0.232 e. The highest BCUT2D eigenvalue weighted by atomic mass is 79.9. The van der Waals surface area contributed by atoms with Gasteiger partial charge in [0.25, 0.3) is 0 Å². The van der Waals surface area contributed by atoms with Crippen molar-refractivity contribution in [3.8, 4) is 0 Å². The minimum absolute atomic E-state index is 0.0465. The van der Waals surface area contributed by atoms with E-state index in [1.165, 1.54) is 0 Å². The number of aromatic nitrogens is 2. The van der Waals surface area contributed by atoms with Crippen LogP contribution in [0.4, 0.5) is 5.69 Å². The lowest BCUT2D eigenvalue weighted by molar-refractivity contribution is -0.117. The number of halogens is 1. The van der Waals surface area contributed by atoms with Crippen molar-refractivity contribution in [3.63, 3.8) is 0 Å². The van der Waals surface area contributed by atoms with Gasteiger partial charge in [0.15, 0.2) is 0 Å². The van der Waals surface area contributed by atoms with Gasteiger partial charge >= 0.3 is 0 Å². The van der Waals surface area contributed by atoms with E-state index < -0.39 is 0 Å². The Hall–Kier alpha value is -1.66. The molecule has 0 bridgehead atoms. The molecule has 1 aromatic carbocycles. The molecule has 0 aliphatic carbocycles. The Labute approximate surface area is 138 Å². The number of rotatable bonds is 6. The van der Waals surface area contributed by atoms with E-state index in [-0.39, 0.29) is 11.8 Å². The number of nitrogens with one attached hydrogen (secondary N) is 2. The van der Waals surface area contributed by atoms with Gasteiger partial charge in [-0.15, -0.1) is 0 Å². The smallest absolute Gasteiger partial charge is 0.232 e. The van der Waals surface area contributed by atoms with E-state index in [1.54, 1.807) is 6.20 Å². The van der Waals surface area contributed by atoms with Gasteiger partial charge in [0.1, 0.15) is 0 Å². The first-order chi connectivity index (χ1) is 10.6. The van der Waals surface area contributed by atoms with Crippen molar-refractivity contribution in [2.45, 2.75) is 31.8 Å². The summed E-state index contributed by atoms with van der Waals surface area (Å²) in [7, 11) is 0. The summed E-state index contributed by atoms with van der Waals surface area (Å²) in [5.74, 6) is 0.0569. The monoisotopic (exact) mass is 362 g/mol. The summed E-state index contributed by atoms with van der Waals surface area (Å²) < 4.78 is 2.89. The van der Waals surface area contributed by atoms with Crippen molar-refractivity contribution in [3.05, 3.63) is 46.7 Å². The lowest BCUT2D eigenvalue weighted by Crippen LogP contribution is -2.32. The zero-order chi connectivity index (χ0) is 15.5. The molecule has 1 amide bonds. The Morgan fingerprint density at radius 2 is 2.27 bits per heavy atom. The van der Waals surface area contributed by atoms with Gasteiger partial charge in [-0.05, 0) is 47.4 Å². The fourth-order valence-corrected chi connectivity index (χ4v) is 3.15. The van der Waals surface area contributed by atoms with Crippen LogP contribution >= 0.6 is 15.9 Å². The van der Waals surface area contributed by atoms with Crippen molar-refractivity contribution >= 4 is 27.5 Å². The molecule has 1 aromatic heterocycles. The average Bonchev–Trinajstić information content (AvgIpc) is 3.03. The van der Waals surface area contributed by atoms with E-state index in [0.29, 0.717) is 6.04 Å². The van der Waals surface area contributed by atoms with Crippen LogP contribution in [-0.4, -0.2) is 28.3 Å². The molecule has 2 aromatic rings. The fraction of sp³-hybridized carbons (Fsp3) is 0.375. The SMILES string of the molecule is C[C@H](Cn1cc(Br)cn1)NCC[C@H]1C(=O)Nc2ccccc21. The highest BCUT2D eigenvalue weighted by molar-refractivity contribution is 9.10. The summed E-state index contributed by atoms with van der Waals surface area (Å²) in [6, 6.07) is 8.22. The number of carbonyl (C=O) groups excluding carboxylic acids is 1. The van der Waals surface area contributed by atoms with E-state index in [2.05, 4.69) is 38.6 Å². The third-order valence-corrected chi connectivity index (χ3v) is 4.31.